The number of alkyl halides is 3. The van der Waals surface area contributed by atoms with Crippen molar-refractivity contribution in [1.29, 1.82) is 0 Å². The molecule has 4 rings (SSSR count). The zero-order chi connectivity index (χ0) is 20.9. The Labute approximate surface area is 173 Å². The Balaban J connectivity index is 2.06. The maximum Gasteiger partial charge on any atom is 0.416 e. The zero-order valence-electron chi connectivity index (χ0n) is 14.7. The lowest BCUT2D eigenvalue weighted by atomic mass is 10.0. The second-order valence-corrected chi connectivity index (χ2v) is 7.46. The molecule has 1 heterocycles. The molecular formula is C21H13Cl2F3N2O. The molecule has 4 aromatic rings. The van der Waals surface area contributed by atoms with Crippen LogP contribution >= 0.6 is 23.2 Å². The topological polar surface area (TPSA) is 48.0 Å². The second-order valence-electron chi connectivity index (χ2n) is 6.62. The highest BCUT2D eigenvalue weighted by Gasteiger charge is 2.31. The van der Waals surface area contributed by atoms with E-state index in [1.807, 2.05) is 0 Å². The van der Waals surface area contributed by atoms with Gasteiger partial charge in [-0.25, -0.2) is 0 Å². The maximum atomic E-state index is 13.3. The number of hydrogen-bond acceptors (Lipinski definition) is 1. The fraction of sp³-hybridized carbons (Fsp3) is 0.0952. The summed E-state index contributed by atoms with van der Waals surface area (Å²) in [6, 6.07) is 13.3. The maximum absolute atomic E-state index is 13.3. The van der Waals surface area contributed by atoms with E-state index in [0.29, 0.717) is 37.4 Å². The summed E-state index contributed by atoms with van der Waals surface area (Å²) in [6.07, 6.45) is -4.50. The predicted octanol–water partition coefficient (Wildman–Crippen LogP) is 6.27. The average molecular weight is 437 g/mol. The molecule has 0 spiro atoms. The third-order valence-electron chi connectivity index (χ3n) is 4.83. The third kappa shape index (κ3) is 3.43. The Hall–Kier alpha value is -2.70. The summed E-state index contributed by atoms with van der Waals surface area (Å²) in [5.74, 6) is -0.654. The number of aromatic nitrogens is 1. The van der Waals surface area contributed by atoms with Crippen molar-refractivity contribution in [2.24, 2.45) is 5.73 Å². The van der Waals surface area contributed by atoms with Gasteiger partial charge in [-0.1, -0.05) is 41.4 Å². The van der Waals surface area contributed by atoms with E-state index in [9.17, 15) is 18.0 Å². The number of nitrogens with zero attached hydrogens (tertiary/aromatic N) is 1. The van der Waals surface area contributed by atoms with Gasteiger partial charge in [0.1, 0.15) is 0 Å². The van der Waals surface area contributed by atoms with Crippen molar-refractivity contribution in [3.05, 3.63) is 81.3 Å². The SMILES string of the molecule is NC(=O)c1cccc2c1c1ccc(C(F)(F)F)cc1n2Cc1ccc(Cl)cc1Cl. The van der Waals surface area contributed by atoms with Gasteiger partial charge in [-0.15, -0.1) is 0 Å². The molecule has 0 aliphatic heterocycles. The summed E-state index contributed by atoms with van der Waals surface area (Å²) in [7, 11) is 0. The molecule has 0 aliphatic rings. The number of nitrogens with two attached hydrogens (primary N) is 1. The van der Waals surface area contributed by atoms with Crippen molar-refractivity contribution in [3.8, 4) is 0 Å². The van der Waals surface area contributed by atoms with Crippen LogP contribution < -0.4 is 5.73 Å². The van der Waals surface area contributed by atoms with Gasteiger partial charge in [0.2, 0.25) is 5.91 Å². The molecular weight excluding hydrogens is 424 g/mol. The van der Waals surface area contributed by atoms with Gasteiger partial charge in [0, 0.05) is 32.9 Å². The molecule has 1 amide bonds. The van der Waals surface area contributed by atoms with E-state index >= 15 is 0 Å². The number of benzene rings is 3. The fourth-order valence-corrected chi connectivity index (χ4v) is 3.98. The molecule has 0 unspecified atom stereocenters. The van der Waals surface area contributed by atoms with Crippen molar-refractivity contribution in [3.63, 3.8) is 0 Å². The Morgan fingerprint density at radius 2 is 1.76 bits per heavy atom. The molecule has 0 atom stereocenters. The first-order chi connectivity index (χ1) is 13.7. The van der Waals surface area contributed by atoms with E-state index in [0.717, 1.165) is 12.1 Å². The van der Waals surface area contributed by atoms with Gasteiger partial charge in [-0.2, -0.15) is 13.2 Å². The predicted molar refractivity (Wildman–Crippen MR) is 109 cm³/mol. The minimum atomic E-state index is -4.50. The van der Waals surface area contributed by atoms with Crippen LogP contribution in [0.2, 0.25) is 10.0 Å². The standard InChI is InChI=1S/C21H13Cl2F3N2O/c22-13-6-4-11(16(23)9-13)10-28-17-3-1-2-15(20(27)29)19(17)14-7-5-12(8-18(14)28)21(24,25)26/h1-9H,10H2,(H2,27,29). The van der Waals surface area contributed by atoms with Crippen LogP contribution in [0.15, 0.2) is 54.6 Å². The van der Waals surface area contributed by atoms with E-state index in [-0.39, 0.29) is 12.1 Å². The van der Waals surface area contributed by atoms with Crippen molar-refractivity contribution in [2.45, 2.75) is 12.7 Å². The highest BCUT2D eigenvalue weighted by Crippen LogP contribution is 2.37. The molecule has 0 radical (unpaired) electrons. The van der Waals surface area contributed by atoms with Gasteiger partial charge >= 0.3 is 6.18 Å². The first kappa shape index (κ1) is 19.6. The Bertz CT molecular complexity index is 1280. The molecule has 3 aromatic carbocycles. The number of halogens is 5. The summed E-state index contributed by atoms with van der Waals surface area (Å²) >= 11 is 12.2. The van der Waals surface area contributed by atoms with Crippen LogP contribution in [0.25, 0.3) is 21.8 Å². The minimum absolute atomic E-state index is 0.194. The zero-order valence-corrected chi connectivity index (χ0v) is 16.2. The van der Waals surface area contributed by atoms with Gasteiger partial charge in [0.15, 0.2) is 0 Å². The van der Waals surface area contributed by atoms with Crippen LogP contribution in [-0.4, -0.2) is 10.5 Å². The molecule has 0 saturated carbocycles. The second kappa shape index (κ2) is 6.97. The lowest BCUT2D eigenvalue weighted by Gasteiger charge is -2.11. The number of primary amides is 1. The largest absolute Gasteiger partial charge is 0.416 e. The van der Waals surface area contributed by atoms with Crippen LogP contribution in [0.3, 0.4) is 0 Å². The first-order valence-electron chi connectivity index (χ1n) is 8.52. The molecule has 29 heavy (non-hydrogen) atoms. The highest BCUT2D eigenvalue weighted by atomic mass is 35.5. The van der Waals surface area contributed by atoms with Crippen LogP contribution in [-0.2, 0) is 12.7 Å². The lowest BCUT2D eigenvalue weighted by Crippen LogP contribution is -2.11. The van der Waals surface area contributed by atoms with Gasteiger partial charge in [0.05, 0.1) is 16.6 Å². The van der Waals surface area contributed by atoms with Gasteiger partial charge in [0.25, 0.3) is 0 Å². The summed E-state index contributed by atoms with van der Waals surface area (Å²) in [5, 5.41) is 1.86. The summed E-state index contributed by atoms with van der Waals surface area (Å²) in [4.78, 5) is 11.9. The fourth-order valence-electron chi connectivity index (χ4n) is 3.52. The Kier molecular flexibility index (Phi) is 4.71. The average Bonchev–Trinajstić information content (AvgIpc) is 2.96. The summed E-state index contributed by atoms with van der Waals surface area (Å²) in [6.45, 7) is 0.194. The van der Waals surface area contributed by atoms with Crippen molar-refractivity contribution in [2.75, 3.05) is 0 Å². The van der Waals surface area contributed by atoms with Crippen molar-refractivity contribution < 1.29 is 18.0 Å². The molecule has 8 heteroatoms. The van der Waals surface area contributed by atoms with E-state index < -0.39 is 17.6 Å². The Morgan fingerprint density at radius 3 is 2.41 bits per heavy atom. The van der Waals surface area contributed by atoms with E-state index in [1.165, 1.54) is 6.07 Å². The number of hydrogen-bond donors (Lipinski definition) is 1. The van der Waals surface area contributed by atoms with Gasteiger partial charge in [-0.3, -0.25) is 4.79 Å². The van der Waals surface area contributed by atoms with Crippen LogP contribution in [0.1, 0.15) is 21.5 Å². The van der Waals surface area contributed by atoms with Gasteiger partial charge < -0.3 is 10.3 Å². The molecule has 148 valence electrons. The number of fused-ring (bicyclic) bond motifs is 3. The van der Waals surface area contributed by atoms with Gasteiger partial charge in [-0.05, 0) is 42.0 Å². The highest BCUT2D eigenvalue weighted by molar-refractivity contribution is 6.35. The van der Waals surface area contributed by atoms with E-state index in [1.54, 1.807) is 41.0 Å². The quantitative estimate of drug-likeness (QED) is 0.404. The monoisotopic (exact) mass is 436 g/mol. The molecule has 0 aliphatic carbocycles. The first-order valence-corrected chi connectivity index (χ1v) is 9.28. The molecule has 2 N–H and O–H groups in total. The smallest absolute Gasteiger partial charge is 0.366 e. The molecule has 0 fully saturated rings. The lowest BCUT2D eigenvalue weighted by molar-refractivity contribution is -0.137. The van der Waals surface area contributed by atoms with Crippen LogP contribution in [0, 0.1) is 0 Å². The van der Waals surface area contributed by atoms with Crippen LogP contribution in [0.4, 0.5) is 13.2 Å². The number of carbonyl (C=O) groups is 1. The normalized spacial score (nSPS) is 12.0. The van der Waals surface area contributed by atoms with E-state index in [4.69, 9.17) is 28.9 Å². The van der Waals surface area contributed by atoms with Crippen LogP contribution in [0.5, 0.6) is 0 Å². The number of amides is 1. The number of carbonyl (C=O) groups excluding carboxylic acids is 1. The summed E-state index contributed by atoms with van der Waals surface area (Å²) in [5.41, 5.74) is 6.56. The van der Waals surface area contributed by atoms with Crippen molar-refractivity contribution >= 4 is 50.9 Å². The third-order valence-corrected chi connectivity index (χ3v) is 5.41. The minimum Gasteiger partial charge on any atom is -0.366 e. The molecule has 1 aromatic heterocycles. The van der Waals surface area contributed by atoms with E-state index in [2.05, 4.69) is 0 Å². The number of rotatable bonds is 3. The molecule has 3 nitrogen and oxygen atoms in total. The molecule has 0 bridgehead atoms. The Morgan fingerprint density at radius 1 is 1.00 bits per heavy atom. The summed E-state index contributed by atoms with van der Waals surface area (Å²) < 4.78 is 41.7. The molecule has 0 saturated heterocycles. The van der Waals surface area contributed by atoms with Crippen molar-refractivity contribution in [1.82, 2.24) is 4.57 Å².